The molecule has 21 heavy (non-hydrogen) atoms. The zero-order chi connectivity index (χ0) is 14.9. The van der Waals surface area contributed by atoms with Crippen molar-refractivity contribution in [2.45, 2.75) is 64.3 Å². The van der Waals surface area contributed by atoms with E-state index >= 15 is 0 Å². The molecule has 4 bridgehead atoms. The van der Waals surface area contributed by atoms with Gasteiger partial charge in [0, 0.05) is 6.04 Å². The third-order valence-corrected chi connectivity index (χ3v) is 5.99. The fourth-order valence-corrected chi connectivity index (χ4v) is 5.65. The van der Waals surface area contributed by atoms with Crippen LogP contribution in [-0.4, -0.2) is 32.2 Å². The summed E-state index contributed by atoms with van der Waals surface area (Å²) in [5, 5.41) is 3.63. The Kier molecular flexibility index (Phi) is 4.84. The molecule has 0 aliphatic heterocycles. The van der Waals surface area contributed by atoms with Crippen molar-refractivity contribution in [2.24, 2.45) is 23.2 Å². The van der Waals surface area contributed by atoms with Crippen LogP contribution in [0.1, 0.15) is 51.9 Å². The van der Waals surface area contributed by atoms with E-state index in [9.17, 15) is 8.78 Å². The minimum Gasteiger partial charge on any atom is -0.374 e. The summed E-state index contributed by atoms with van der Waals surface area (Å²) in [6.07, 6.45) is 6.84. The highest BCUT2D eigenvalue weighted by Gasteiger charge is 2.54. The lowest BCUT2D eigenvalue weighted by Crippen LogP contribution is -2.57. The Hall–Kier alpha value is -0.220. The summed E-state index contributed by atoms with van der Waals surface area (Å²) in [4.78, 5) is 0. The van der Waals surface area contributed by atoms with Crippen molar-refractivity contribution in [1.82, 2.24) is 5.32 Å². The van der Waals surface area contributed by atoms with Crippen LogP contribution in [0.4, 0.5) is 8.78 Å². The molecule has 0 spiro atoms. The van der Waals surface area contributed by atoms with Crippen molar-refractivity contribution in [1.29, 1.82) is 0 Å². The molecule has 0 heterocycles. The van der Waals surface area contributed by atoms with Crippen LogP contribution in [0.3, 0.4) is 0 Å². The van der Waals surface area contributed by atoms with Crippen LogP contribution in [-0.2, 0) is 4.74 Å². The van der Waals surface area contributed by atoms with Crippen molar-refractivity contribution < 1.29 is 13.5 Å². The first-order valence-corrected chi connectivity index (χ1v) is 8.70. The predicted octanol–water partition coefficient (Wildman–Crippen LogP) is 3.85. The first-order chi connectivity index (χ1) is 10.1. The summed E-state index contributed by atoms with van der Waals surface area (Å²) in [5.74, 6) is 2.66. The average molecular weight is 301 g/mol. The third-order valence-electron chi connectivity index (χ3n) is 5.99. The molecule has 0 aromatic heterocycles. The molecule has 1 atom stereocenters. The van der Waals surface area contributed by atoms with Crippen molar-refractivity contribution in [3.63, 3.8) is 0 Å². The van der Waals surface area contributed by atoms with Gasteiger partial charge < -0.3 is 10.1 Å². The van der Waals surface area contributed by atoms with Gasteiger partial charge in [-0.1, -0.05) is 6.92 Å². The Morgan fingerprint density at radius 2 is 1.62 bits per heavy atom. The van der Waals surface area contributed by atoms with Crippen LogP contribution in [0, 0.1) is 23.2 Å². The summed E-state index contributed by atoms with van der Waals surface area (Å²) < 4.78 is 30.0. The SMILES string of the molecule is CCCNC(COCC(F)F)C12CC3CC(CC(C3)C1)C2. The van der Waals surface area contributed by atoms with Crippen LogP contribution >= 0.6 is 0 Å². The Labute approximate surface area is 127 Å². The molecule has 4 fully saturated rings. The second-order valence-corrected chi connectivity index (χ2v) is 7.72. The van der Waals surface area contributed by atoms with E-state index in [4.69, 9.17) is 4.74 Å². The van der Waals surface area contributed by atoms with Crippen molar-refractivity contribution in [3.05, 3.63) is 0 Å². The molecule has 4 aliphatic carbocycles. The molecule has 0 aromatic rings. The molecule has 1 unspecified atom stereocenters. The van der Waals surface area contributed by atoms with E-state index < -0.39 is 13.0 Å². The van der Waals surface area contributed by atoms with E-state index in [0.717, 1.165) is 30.7 Å². The minimum absolute atomic E-state index is 0.268. The highest BCUT2D eigenvalue weighted by atomic mass is 19.3. The quantitative estimate of drug-likeness (QED) is 0.735. The molecule has 0 amide bonds. The van der Waals surface area contributed by atoms with Gasteiger partial charge in [0.1, 0.15) is 6.61 Å². The number of hydrogen-bond acceptors (Lipinski definition) is 2. The normalized spacial score (nSPS) is 39.1. The zero-order valence-electron chi connectivity index (χ0n) is 13.1. The Bertz CT molecular complexity index is 312. The second-order valence-electron chi connectivity index (χ2n) is 7.72. The molecule has 4 heteroatoms. The average Bonchev–Trinajstić information content (AvgIpc) is 2.40. The standard InChI is InChI=1S/C17H29F2NO/c1-2-3-20-15(10-21-11-16(18)19)17-7-12-4-13(8-17)6-14(5-12)9-17/h12-16,20H,2-11H2,1H3. The van der Waals surface area contributed by atoms with E-state index in [-0.39, 0.29) is 6.04 Å². The van der Waals surface area contributed by atoms with Gasteiger partial charge in [0.25, 0.3) is 6.43 Å². The van der Waals surface area contributed by atoms with E-state index in [1.807, 2.05) is 0 Å². The maximum absolute atomic E-state index is 12.4. The Morgan fingerprint density at radius 3 is 2.10 bits per heavy atom. The van der Waals surface area contributed by atoms with Crippen molar-refractivity contribution in [2.75, 3.05) is 19.8 Å². The highest BCUT2D eigenvalue weighted by molar-refractivity contribution is 5.06. The molecule has 0 saturated heterocycles. The van der Waals surface area contributed by atoms with E-state index in [0.29, 0.717) is 12.0 Å². The smallest absolute Gasteiger partial charge is 0.261 e. The molecule has 1 N–H and O–H groups in total. The first-order valence-electron chi connectivity index (χ1n) is 8.70. The summed E-state index contributed by atoms with van der Waals surface area (Å²) in [6.45, 7) is 3.15. The van der Waals surface area contributed by atoms with Crippen molar-refractivity contribution in [3.8, 4) is 0 Å². The van der Waals surface area contributed by atoms with Crippen LogP contribution in [0.15, 0.2) is 0 Å². The summed E-state index contributed by atoms with van der Waals surface area (Å²) in [7, 11) is 0. The third kappa shape index (κ3) is 3.42. The fourth-order valence-electron chi connectivity index (χ4n) is 5.65. The van der Waals surface area contributed by atoms with E-state index in [2.05, 4.69) is 12.2 Å². The maximum atomic E-state index is 12.4. The monoisotopic (exact) mass is 301 g/mol. The largest absolute Gasteiger partial charge is 0.374 e. The molecule has 0 radical (unpaired) electrons. The minimum atomic E-state index is -2.35. The van der Waals surface area contributed by atoms with Crippen LogP contribution in [0.5, 0.6) is 0 Å². The van der Waals surface area contributed by atoms with Gasteiger partial charge in [-0.25, -0.2) is 8.78 Å². The molecule has 122 valence electrons. The molecule has 4 aliphatic rings. The predicted molar refractivity (Wildman–Crippen MR) is 79.5 cm³/mol. The number of rotatable bonds is 8. The van der Waals surface area contributed by atoms with Gasteiger partial charge >= 0.3 is 0 Å². The van der Waals surface area contributed by atoms with E-state index in [1.54, 1.807) is 0 Å². The van der Waals surface area contributed by atoms with Gasteiger partial charge in [0.05, 0.1) is 6.61 Å². The van der Waals surface area contributed by atoms with Crippen LogP contribution in [0.2, 0.25) is 0 Å². The highest BCUT2D eigenvalue weighted by Crippen LogP contribution is 2.61. The molecular weight excluding hydrogens is 272 g/mol. The zero-order valence-corrected chi connectivity index (χ0v) is 13.1. The maximum Gasteiger partial charge on any atom is 0.261 e. The Balaban J connectivity index is 1.66. The molecular formula is C17H29F2NO. The van der Waals surface area contributed by atoms with Gasteiger partial charge in [-0.15, -0.1) is 0 Å². The van der Waals surface area contributed by atoms with Gasteiger partial charge in [-0.3, -0.25) is 0 Å². The number of nitrogens with one attached hydrogen (secondary N) is 1. The van der Waals surface area contributed by atoms with E-state index in [1.165, 1.54) is 38.5 Å². The summed E-state index contributed by atoms with van der Waals surface area (Å²) >= 11 is 0. The summed E-state index contributed by atoms with van der Waals surface area (Å²) in [5.41, 5.74) is 0.325. The van der Waals surface area contributed by atoms with Crippen LogP contribution in [0.25, 0.3) is 0 Å². The van der Waals surface area contributed by atoms with Gasteiger partial charge in [0.15, 0.2) is 0 Å². The Morgan fingerprint density at radius 1 is 1.05 bits per heavy atom. The van der Waals surface area contributed by atoms with Crippen molar-refractivity contribution >= 4 is 0 Å². The number of alkyl halides is 2. The van der Waals surface area contributed by atoms with Gasteiger partial charge in [-0.05, 0) is 74.7 Å². The number of hydrogen-bond donors (Lipinski definition) is 1. The van der Waals surface area contributed by atoms with Gasteiger partial charge in [-0.2, -0.15) is 0 Å². The molecule has 2 nitrogen and oxygen atoms in total. The lowest BCUT2D eigenvalue weighted by molar-refractivity contribution is -0.0945. The molecule has 0 aromatic carbocycles. The van der Waals surface area contributed by atoms with Crippen LogP contribution < -0.4 is 5.32 Å². The fraction of sp³-hybridized carbons (Fsp3) is 1.00. The molecule has 4 rings (SSSR count). The molecule has 4 saturated carbocycles. The second kappa shape index (κ2) is 6.49. The number of halogens is 2. The lowest BCUT2D eigenvalue weighted by Gasteiger charge is -2.59. The van der Waals surface area contributed by atoms with Gasteiger partial charge in [0.2, 0.25) is 0 Å². The summed E-state index contributed by atoms with van der Waals surface area (Å²) in [6, 6.07) is 0.268. The lowest BCUT2D eigenvalue weighted by atomic mass is 9.47. The first kappa shape index (κ1) is 15.7. The number of ether oxygens (including phenoxy) is 1. The topological polar surface area (TPSA) is 21.3 Å².